The lowest BCUT2D eigenvalue weighted by atomic mass is 10.2. The second-order valence-electron chi connectivity index (χ2n) is 3.98. The topological polar surface area (TPSA) is 29.9 Å². The Hall–Kier alpha value is -0.540. The van der Waals surface area contributed by atoms with E-state index in [9.17, 15) is 0 Å². The summed E-state index contributed by atoms with van der Waals surface area (Å²) in [6, 6.07) is 2.63. The minimum Gasteiger partial charge on any atom is -0.311 e. The predicted molar refractivity (Wildman–Crippen MR) is 68.9 cm³/mol. The van der Waals surface area contributed by atoms with Gasteiger partial charge in [-0.25, -0.2) is 0 Å². The van der Waals surface area contributed by atoms with Crippen molar-refractivity contribution in [3.8, 4) is 0 Å². The Morgan fingerprint density at radius 1 is 1.44 bits per heavy atom. The van der Waals surface area contributed by atoms with Crippen molar-refractivity contribution in [3.05, 3.63) is 18.0 Å². The summed E-state index contributed by atoms with van der Waals surface area (Å²) < 4.78 is 2.08. The Labute approximate surface area is 103 Å². The average molecular weight is 244 g/mol. The fourth-order valence-electron chi connectivity index (χ4n) is 1.75. The maximum atomic E-state index is 5.61. The second kappa shape index (κ2) is 7.69. The van der Waals surface area contributed by atoms with E-state index >= 15 is 0 Å². The maximum absolute atomic E-state index is 5.61. The van der Waals surface area contributed by atoms with Crippen molar-refractivity contribution in [2.75, 3.05) is 12.4 Å². The molecule has 1 heterocycles. The first-order chi connectivity index (χ1) is 7.81. The van der Waals surface area contributed by atoms with Crippen LogP contribution in [0.15, 0.2) is 12.3 Å². The van der Waals surface area contributed by atoms with Crippen molar-refractivity contribution in [2.45, 2.75) is 45.7 Å². The molecule has 0 saturated heterocycles. The molecule has 1 N–H and O–H groups in total. The Morgan fingerprint density at radius 3 is 2.81 bits per heavy atom. The van der Waals surface area contributed by atoms with Gasteiger partial charge in [0.2, 0.25) is 0 Å². The number of nitrogens with zero attached hydrogens (tertiary/aromatic N) is 2. The lowest BCUT2D eigenvalue weighted by Gasteiger charge is -2.12. The molecule has 92 valence electrons. The first-order valence-electron chi connectivity index (χ1n) is 6.12. The zero-order chi connectivity index (χ0) is 11.8. The summed E-state index contributed by atoms with van der Waals surface area (Å²) in [5.41, 5.74) is 1.11. The largest absolute Gasteiger partial charge is 0.311 e. The number of alkyl halides is 1. The lowest BCUT2D eigenvalue weighted by molar-refractivity contribution is 0.424. The van der Waals surface area contributed by atoms with Crippen LogP contribution in [0.3, 0.4) is 0 Å². The highest BCUT2D eigenvalue weighted by atomic mass is 35.5. The first-order valence-corrected chi connectivity index (χ1v) is 6.66. The molecule has 0 aliphatic rings. The summed E-state index contributed by atoms with van der Waals surface area (Å²) in [6.07, 6.45) is 5.36. The number of hydrogen-bond acceptors (Lipinski definition) is 2. The molecule has 0 aromatic carbocycles. The predicted octanol–water partition coefficient (Wildman–Crippen LogP) is 2.96. The molecule has 1 aromatic rings. The van der Waals surface area contributed by atoms with Crippen molar-refractivity contribution >= 4 is 11.6 Å². The molecule has 1 aromatic heterocycles. The normalized spacial score (nSPS) is 11.2. The van der Waals surface area contributed by atoms with E-state index in [-0.39, 0.29) is 0 Å². The fourth-order valence-corrected chi connectivity index (χ4v) is 1.88. The van der Waals surface area contributed by atoms with Gasteiger partial charge in [0.1, 0.15) is 0 Å². The van der Waals surface area contributed by atoms with Gasteiger partial charge in [-0.2, -0.15) is 5.10 Å². The molecule has 0 atom stereocenters. The van der Waals surface area contributed by atoms with Crippen LogP contribution in [0.25, 0.3) is 0 Å². The van der Waals surface area contributed by atoms with Crippen LogP contribution in [-0.4, -0.2) is 22.2 Å². The number of rotatable bonds is 8. The quantitative estimate of drug-likeness (QED) is 0.562. The maximum Gasteiger partial charge on any atom is 0.0762 e. The van der Waals surface area contributed by atoms with Gasteiger partial charge in [0, 0.05) is 18.6 Å². The van der Waals surface area contributed by atoms with E-state index in [2.05, 4.69) is 41.2 Å². The third-order valence-electron chi connectivity index (χ3n) is 2.77. The van der Waals surface area contributed by atoms with Gasteiger partial charge < -0.3 is 5.32 Å². The highest BCUT2D eigenvalue weighted by Gasteiger charge is 2.07. The Morgan fingerprint density at radius 2 is 2.19 bits per heavy atom. The molecule has 4 heteroatoms. The van der Waals surface area contributed by atoms with Crippen LogP contribution >= 0.6 is 11.6 Å². The van der Waals surface area contributed by atoms with E-state index in [1.165, 1.54) is 0 Å². The molecule has 0 spiro atoms. The monoisotopic (exact) mass is 243 g/mol. The third kappa shape index (κ3) is 4.14. The van der Waals surface area contributed by atoms with Crippen LogP contribution in [0.1, 0.15) is 44.8 Å². The van der Waals surface area contributed by atoms with Gasteiger partial charge in [0.15, 0.2) is 0 Å². The van der Waals surface area contributed by atoms with E-state index in [0.717, 1.165) is 43.9 Å². The smallest absolute Gasteiger partial charge is 0.0762 e. The summed E-state index contributed by atoms with van der Waals surface area (Å²) in [5, 5.41) is 7.90. The number of halogens is 1. The SMILES string of the molecule is CCC(CC)n1ccc(CNCCCCl)n1. The highest BCUT2D eigenvalue weighted by Crippen LogP contribution is 2.14. The Kier molecular flexibility index (Phi) is 6.50. The van der Waals surface area contributed by atoms with Crippen molar-refractivity contribution in [3.63, 3.8) is 0 Å². The summed E-state index contributed by atoms with van der Waals surface area (Å²) in [6.45, 7) is 6.20. The number of aromatic nitrogens is 2. The van der Waals surface area contributed by atoms with Gasteiger partial charge in [0.05, 0.1) is 11.7 Å². The van der Waals surface area contributed by atoms with Crippen LogP contribution in [-0.2, 0) is 6.54 Å². The fraction of sp³-hybridized carbons (Fsp3) is 0.750. The molecule has 16 heavy (non-hydrogen) atoms. The van der Waals surface area contributed by atoms with Gasteiger partial charge >= 0.3 is 0 Å². The molecule has 0 aliphatic carbocycles. The molecule has 0 radical (unpaired) electrons. The highest BCUT2D eigenvalue weighted by molar-refractivity contribution is 6.17. The summed E-state index contributed by atoms with van der Waals surface area (Å²) in [4.78, 5) is 0. The second-order valence-corrected chi connectivity index (χ2v) is 4.35. The summed E-state index contributed by atoms with van der Waals surface area (Å²) >= 11 is 5.61. The minimum atomic E-state index is 0.539. The van der Waals surface area contributed by atoms with E-state index < -0.39 is 0 Å². The average Bonchev–Trinajstić information content (AvgIpc) is 2.75. The molecular weight excluding hydrogens is 222 g/mol. The van der Waals surface area contributed by atoms with Crippen molar-refractivity contribution in [1.82, 2.24) is 15.1 Å². The molecule has 0 saturated carbocycles. The minimum absolute atomic E-state index is 0.539. The zero-order valence-corrected chi connectivity index (χ0v) is 11.0. The third-order valence-corrected chi connectivity index (χ3v) is 3.04. The van der Waals surface area contributed by atoms with Crippen molar-refractivity contribution < 1.29 is 0 Å². The van der Waals surface area contributed by atoms with Crippen LogP contribution < -0.4 is 5.32 Å². The van der Waals surface area contributed by atoms with Gasteiger partial charge in [0.25, 0.3) is 0 Å². The molecule has 0 unspecified atom stereocenters. The first kappa shape index (κ1) is 13.5. The van der Waals surface area contributed by atoms with Gasteiger partial charge in [-0.1, -0.05) is 13.8 Å². The number of nitrogens with one attached hydrogen (secondary N) is 1. The standard InChI is InChI=1S/C12H22ClN3/c1-3-12(4-2)16-9-6-11(15-16)10-14-8-5-7-13/h6,9,12,14H,3-5,7-8,10H2,1-2H3. The molecule has 0 fully saturated rings. The molecule has 0 amide bonds. The van der Waals surface area contributed by atoms with Gasteiger partial charge in [-0.3, -0.25) is 4.68 Å². The van der Waals surface area contributed by atoms with Crippen LogP contribution in [0.5, 0.6) is 0 Å². The van der Waals surface area contributed by atoms with E-state index in [1.807, 2.05) is 0 Å². The lowest BCUT2D eigenvalue weighted by Crippen LogP contribution is -2.16. The van der Waals surface area contributed by atoms with Crippen LogP contribution in [0.2, 0.25) is 0 Å². The zero-order valence-electron chi connectivity index (χ0n) is 10.2. The number of hydrogen-bond donors (Lipinski definition) is 1. The van der Waals surface area contributed by atoms with E-state index in [1.54, 1.807) is 0 Å². The summed E-state index contributed by atoms with van der Waals surface area (Å²) in [7, 11) is 0. The molecule has 0 bridgehead atoms. The molecule has 1 rings (SSSR count). The molecule has 0 aliphatic heterocycles. The summed E-state index contributed by atoms with van der Waals surface area (Å²) in [5.74, 6) is 0.717. The van der Waals surface area contributed by atoms with Crippen LogP contribution in [0, 0.1) is 0 Å². The van der Waals surface area contributed by atoms with E-state index in [4.69, 9.17) is 11.6 Å². The molecule has 3 nitrogen and oxygen atoms in total. The van der Waals surface area contributed by atoms with Crippen LogP contribution in [0.4, 0.5) is 0 Å². The Bertz CT molecular complexity index is 282. The van der Waals surface area contributed by atoms with Gasteiger partial charge in [-0.15, -0.1) is 11.6 Å². The Balaban J connectivity index is 2.38. The van der Waals surface area contributed by atoms with E-state index in [0.29, 0.717) is 6.04 Å². The molecular formula is C12H22ClN3. The van der Waals surface area contributed by atoms with Crippen molar-refractivity contribution in [1.29, 1.82) is 0 Å². The van der Waals surface area contributed by atoms with Gasteiger partial charge in [-0.05, 0) is 31.9 Å². The van der Waals surface area contributed by atoms with Crippen molar-refractivity contribution in [2.24, 2.45) is 0 Å².